The Kier molecular flexibility index (Phi) is 4.31. The van der Waals surface area contributed by atoms with Crippen LogP contribution in [-0.4, -0.2) is 17.4 Å². The minimum Gasteiger partial charge on any atom is -0.451 e. The second-order valence-electron chi connectivity index (χ2n) is 5.78. The molecule has 1 amide bonds. The minimum absolute atomic E-state index is 0.189. The molecule has 0 bridgehead atoms. The topological polar surface area (TPSA) is 55.1 Å². The lowest BCUT2D eigenvalue weighted by molar-refractivity contribution is 0.0928. The average Bonchev–Trinajstić information content (AvgIpc) is 3.16. The van der Waals surface area contributed by atoms with Crippen LogP contribution in [0.3, 0.4) is 0 Å². The molecule has 25 heavy (non-hydrogen) atoms. The first-order valence-corrected chi connectivity index (χ1v) is 9.54. The summed E-state index contributed by atoms with van der Waals surface area (Å²) in [6.45, 7) is 2.43. The van der Waals surface area contributed by atoms with E-state index in [-0.39, 0.29) is 5.91 Å². The van der Waals surface area contributed by atoms with Crippen LogP contribution in [0.25, 0.3) is 21.2 Å². The predicted octanol–water partition coefficient (Wildman–Crippen LogP) is 5.09. The molecule has 126 valence electrons. The number of carbonyl (C=O) groups is 1. The van der Waals surface area contributed by atoms with E-state index in [1.165, 1.54) is 4.70 Å². The van der Waals surface area contributed by atoms with Crippen molar-refractivity contribution in [1.82, 2.24) is 10.3 Å². The average molecular weight is 415 g/mol. The molecule has 0 aliphatic heterocycles. The Hall–Kier alpha value is -2.18. The molecule has 2 aromatic heterocycles. The van der Waals surface area contributed by atoms with Gasteiger partial charge in [0.2, 0.25) is 0 Å². The summed E-state index contributed by atoms with van der Waals surface area (Å²) in [4.78, 5) is 17.0. The summed E-state index contributed by atoms with van der Waals surface area (Å²) in [6, 6.07) is 13.8. The van der Waals surface area contributed by atoms with E-state index in [1.807, 2.05) is 43.3 Å². The van der Waals surface area contributed by atoms with Crippen LogP contribution in [0.4, 0.5) is 0 Å². The van der Waals surface area contributed by atoms with E-state index < -0.39 is 0 Å². The number of carbonyl (C=O) groups excluding carboxylic acids is 1. The van der Waals surface area contributed by atoms with Gasteiger partial charge in [0.1, 0.15) is 5.58 Å². The normalized spacial score (nSPS) is 11.3. The molecule has 4 rings (SSSR count). The Labute approximate surface area is 157 Å². The summed E-state index contributed by atoms with van der Waals surface area (Å²) in [7, 11) is 0. The molecule has 4 aromatic rings. The number of hydrogen-bond acceptors (Lipinski definition) is 4. The van der Waals surface area contributed by atoms with E-state index in [0.29, 0.717) is 18.7 Å². The van der Waals surface area contributed by atoms with Gasteiger partial charge in [-0.1, -0.05) is 28.1 Å². The second kappa shape index (κ2) is 6.61. The molecule has 0 saturated heterocycles. The number of aromatic nitrogens is 1. The summed E-state index contributed by atoms with van der Waals surface area (Å²) < 4.78 is 7.85. The Morgan fingerprint density at radius 1 is 1.28 bits per heavy atom. The van der Waals surface area contributed by atoms with Gasteiger partial charge in [-0.2, -0.15) is 0 Å². The predicted molar refractivity (Wildman–Crippen MR) is 104 cm³/mol. The van der Waals surface area contributed by atoms with Crippen molar-refractivity contribution in [3.8, 4) is 0 Å². The smallest absolute Gasteiger partial charge is 0.287 e. The first kappa shape index (κ1) is 16.3. The number of para-hydroxylation sites is 1. The third-order valence-electron chi connectivity index (χ3n) is 4.07. The maximum absolute atomic E-state index is 12.4. The van der Waals surface area contributed by atoms with Gasteiger partial charge in [-0.15, -0.1) is 11.3 Å². The molecule has 2 aromatic carbocycles. The summed E-state index contributed by atoms with van der Waals surface area (Å²) >= 11 is 5.11. The van der Waals surface area contributed by atoms with Crippen molar-refractivity contribution in [3.05, 3.63) is 63.3 Å². The molecule has 0 saturated carbocycles. The van der Waals surface area contributed by atoms with Crippen LogP contribution in [0.1, 0.15) is 21.1 Å². The van der Waals surface area contributed by atoms with Gasteiger partial charge in [0.15, 0.2) is 5.76 Å². The molecular formula is C19H15BrN2O2S. The van der Waals surface area contributed by atoms with Crippen molar-refractivity contribution in [2.24, 2.45) is 0 Å². The second-order valence-corrected chi connectivity index (χ2v) is 7.81. The molecule has 0 fully saturated rings. The van der Waals surface area contributed by atoms with E-state index in [9.17, 15) is 4.79 Å². The maximum atomic E-state index is 12.4. The molecule has 0 radical (unpaired) electrons. The highest BCUT2D eigenvalue weighted by molar-refractivity contribution is 9.10. The Bertz CT molecular complexity index is 1050. The summed E-state index contributed by atoms with van der Waals surface area (Å²) in [5.74, 6) is 0.184. The van der Waals surface area contributed by atoms with E-state index in [4.69, 9.17) is 4.42 Å². The number of thiazole rings is 1. The van der Waals surface area contributed by atoms with Crippen LogP contribution in [0.2, 0.25) is 0 Å². The highest BCUT2D eigenvalue weighted by Gasteiger charge is 2.17. The number of furan rings is 1. The van der Waals surface area contributed by atoms with Crippen LogP contribution < -0.4 is 5.32 Å². The zero-order valence-corrected chi connectivity index (χ0v) is 15.9. The van der Waals surface area contributed by atoms with E-state index in [2.05, 4.69) is 32.3 Å². The number of fused-ring (bicyclic) bond motifs is 2. The van der Waals surface area contributed by atoms with Crippen LogP contribution in [0, 0.1) is 6.92 Å². The summed E-state index contributed by atoms with van der Waals surface area (Å²) in [5.41, 5.74) is 2.58. The van der Waals surface area contributed by atoms with E-state index >= 15 is 0 Å². The van der Waals surface area contributed by atoms with Crippen molar-refractivity contribution in [3.63, 3.8) is 0 Å². The van der Waals surface area contributed by atoms with Crippen LogP contribution >= 0.6 is 27.3 Å². The highest BCUT2D eigenvalue weighted by atomic mass is 79.9. The Morgan fingerprint density at radius 2 is 2.12 bits per heavy atom. The molecule has 0 aliphatic carbocycles. The Morgan fingerprint density at radius 3 is 2.96 bits per heavy atom. The van der Waals surface area contributed by atoms with Crippen LogP contribution in [0.5, 0.6) is 0 Å². The first-order chi connectivity index (χ1) is 12.1. The number of nitrogens with one attached hydrogen (secondary N) is 1. The van der Waals surface area contributed by atoms with Crippen molar-refractivity contribution in [2.45, 2.75) is 13.3 Å². The molecule has 0 unspecified atom stereocenters. The zero-order valence-electron chi connectivity index (χ0n) is 13.5. The van der Waals surface area contributed by atoms with Gasteiger partial charge in [-0.05, 0) is 37.3 Å². The number of nitrogens with zero attached hydrogens (tertiary/aromatic N) is 1. The third-order valence-corrected chi connectivity index (χ3v) is 5.66. The molecule has 0 atom stereocenters. The fourth-order valence-electron chi connectivity index (χ4n) is 2.80. The fraction of sp³-hybridized carbons (Fsp3) is 0.158. The summed E-state index contributed by atoms with van der Waals surface area (Å²) in [5, 5.41) is 4.90. The lowest BCUT2D eigenvalue weighted by Gasteiger charge is -2.02. The van der Waals surface area contributed by atoms with Crippen LogP contribution in [0.15, 0.2) is 51.4 Å². The molecular weight excluding hydrogens is 400 g/mol. The molecule has 4 nitrogen and oxygen atoms in total. The van der Waals surface area contributed by atoms with Gasteiger partial charge >= 0.3 is 0 Å². The quantitative estimate of drug-likeness (QED) is 0.506. The van der Waals surface area contributed by atoms with Crippen molar-refractivity contribution in [1.29, 1.82) is 0 Å². The van der Waals surface area contributed by atoms with Gasteiger partial charge in [0, 0.05) is 28.4 Å². The SMILES string of the molecule is Cc1c(C(=O)NCCc2nc3ccccc3s2)oc2ccc(Br)cc12. The van der Waals surface area contributed by atoms with Gasteiger partial charge in [0.05, 0.1) is 15.2 Å². The maximum Gasteiger partial charge on any atom is 0.287 e. The van der Waals surface area contributed by atoms with Crippen molar-refractivity contribution >= 4 is 54.4 Å². The van der Waals surface area contributed by atoms with E-state index in [1.54, 1.807) is 11.3 Å². The molecule has 1 N–H and O–H groups in total. The van der Waals surface area contributed by atoms with Gasteiger partial charge in [0.25, 0.3) is 5.91 Å². The standard InChI is InChI=1S/C19H15BrN2O2S/c1-11-13-10-12(20)6-7-15(13)24-18(11)19(23)21-9-8-17-22-14-4-2-3-5-16(14)25-17/h2-7,10H,8-9H2,1H3,(H,21,23). The van der Waals surface area contributed by atoms with E-state index in [0.717, 1.165) is 31.5 Å². The number of halogens is 1. The van der Waals surface area contributed by atoms with Gasteiger partial charge in [-0.3, -0.25) is 4.79 Å². The van der Waals surface area contributed by atoms with Gasteiger partial charge < -0.3 is 9.73 Å². The van der Waals surface area contributed by atoms with Crippen molar-refractivity contribution < 1.29 is 9.21 Å². The lowest BCUT2D eigenvalue weighted by atomic mass is 10.1. The lowest BCUT2D eigenvalue weighted by Crippen LogP contribution is -2.25. The number of aryl methyl sites for hydroxylation is 1. The fourth-order valence-corrected chi connectivity index (χ4v) is 4.13. The largest absolute Gasteiger partial charge is 0.451 e. The van der Waals surface area contributed by atoms with Gasteiger partial charge in [-0.25, -0.2) is 4.98 Å². The number of benzene rings is 2. The monoisotopic (exact) mass is 414 g/mol. The third kappa shape index (κ3) is 3.19. The number of hydrogen-bond donors (Lipinski definition) is 1. The molecule has 0 spiro atoms. The molecule has 0 aliphatic rings. The highest BCUT2D eigenvalue weighted by Crippen LogP contribution is 2.28. The molecule has 2 heterocycles. The van der Waals surface area contributed by atoms with Crippen molar-refractivity contribution in [2.75, 3.05) is 6.54 Å². The zero-order chi connectivity index (χ0) is 17.4. The first-order valence-electron chi connectivity index (χ1n) is 7.93. The molecule has 6 heteroatoms. The van der Waals surface area contributed by atoms with Crippen LogP contribution in [-0.2, 0) is 6.42 Å². The summed E-state index contributed by atoms with van der Waals surface area (Å²) in [6.07, 6.45) is 0.704. The number of rotatable bonds is 4. The Balaban J connectivity index is 1.46. The number of amides is 1. The minimum atomic E-state index is -0.189.